The van der Waals surface area contributed by atoms with Crippen LogP contribution >= 0.6 is 0 Å². The van der Waals surface area contributed by atoms with E-state index in [1.165, 1.54) is 22.5 Å². The van der Waals surface area contributed by atoms with Gasteiger partial charge in [-0.05, 0) is 44.4 Å². The van der Waals surface area contributed by atoms with Crippen LogP contribution < -0.4 is 10.1 Å². The fourth-order valence-electron chi connectivity index (χ4n) is 5.48. The van der Waals surface area contributed by atoms with Gasteiger partial charge in [-0.2, -0.15) is 9.61 Å². The number of rotatable bonds is 5. The van der Waals surface area contributed by atoms with Gasteiger partial charge in [0.2, 0.25) is 0 Å². The van der Waals surface area contributed by atoms with Crippen LogP contribution in [0.2, 0.25) is 0 Å². The van der Waals surface area contributed by atoms with Crippen LogP contribution in [0.15, 0.2) is 54.9 Å². The standard InChI is InChI=1S/C29H28FN5O4/c1-3-38-28(37)20-16-32-35-25(20)31-15-19(26(35)33-22-9-6-7-18(2)24(22)30)27(36)34-13-11-29(12-14-34)17-39-23-10-5-4-8-21(23)29/h4-10,15-16,33H,3,11-14,17H2,1-2H3. The van der Waals surface area contributed by atoms with Crippen molar-refractivity contribution in [2.45, 2.75) is 32.1 Å². The number of carbonyl (C=O) groups is 2. The molecule has 1 spiro atoms. The first-order chi connectivity index (χ1) is 18.9. The van der Waals surface area contributed by atoms with Crippen LogP contribution in [-0.2, 0) is 10.2 Å². The highest BCUT2D eigenvalue weighted by molar-refractivity contribution is 6.01. The fraction of sp³-hybridized carbons (Fsp3) is 0.310. The third kappa shape index (κ3) is 4.16. The van der Waals surface area contributed by atoms with E-state index in [0.29, 0.717) is 25.3 Å². The van der Waals surface area contributed by atoms with E-state index in [2.05, 4.69) is 21.5 Å². The molecule has 200 valence electrons. The minimum Gasteiger partial charge on any atom is -0.492 e. The average Bonchev–Trinajstić information content (AvgIpc) is 3.54. The van der Waals surface area contributed by atoms with Gasteiger partial charge < -0.3 is 19.7 Å². The Morgan fingerprint density at radius 2 is 1.90 bits per heavy atom. The number of piperidine rings is 1. The van der Waals surface area contributed by atoms with Crippen LogP contribution in [-0.4, -0.2) is 57.7 Å². The Hall–Kier alpha value is -4.47. The Balaban J connectivity index is 1.35. The molecule has 1 saturated heterocycles. The van der Waals surface area contributed by atoms with Crippen molar-refractivity contribution in [2.75, 3.05) is 31.6 Å². The van der Waals surface area contributed by atoms with Crippen LogP contribution in [0.25, 0.3) is 5.65 Å². The number of likely N-dealkylation sites (tertiary alicyclic amines) is 1. The van der Waals surface area contributed by atoms with E-state index in [-0.39, 0.29) is 46.2 Å². The third-order valence-corrected chi connectivity index (χ3v) is 7.67. The molecule has 1 fully saturated rings. The number of para-hydroxylation sites is 1. The van der Waals surface area contributed by atoms with Gasteiger partial charge in [0.25, 0.3) is 5.91 Å². The molecular formula is C29H28FN5O4. The zero-order valence-corrected chi connectivity index (χ0v) is 21.7. The second-order valence-electron chi connectivity index (χ2n) is 9.95. The highest BCUT2D eigenvalue weighted by Crippen LogP contribution is 2.45. The zero-order chi connectivity index (χ0) is 27.1. The predicted molar refractivity (Wildman–Crippen MR) is 142 cm³/mol. The summed E-state index contributed by atoms with van der Waals surface area (Å²) < 4.78 is 27.5. The summed E-state index contributed by atoms with van der Waals surface area (Å²) in [7, 11) is 0. The van der Waals surface area contributed by atoms with E-state index < -0.39 is 11.8 Å². The Kier molecular flexibility index (Phi) is 6.17. The number of halogens is 1. The molecule has 10 heteroatoms. The Morgan fingerprint density at radius 1 is 1.10 bits per heavy atom. The molecule has 4 aromatic rings. The molecule has 0 saturated carbocycles. The number of nitrogens with one attached hydrogen (secondary N) is 1. The van der Waals surface area contributed by atoms with Crippen molar-refractivity contribution >= 4 is 29.0 Å². The Labute approximate surface area is 224 Å². The van der Waals surface area contributed by atoms with Gasteiger partial charge in [-0.15, -0.1) is 0 Å². The van der Waals surface area contributed by atoms with Crippen LogP contribution in [0.4, 0.5) is 15.9 Å². The number of benzene rings is 2. The number of nitrogens with zero attached hydrogens (tertiary/aromatic N) is 4. The van der Waals surface area contributed by atoms with Crippen molar-refractivity contribution in [1.29, 1.82) is 0 Å². The van der Waals surface area contributed by atoms with Gasteiger partial charge >= 0.3 is 5.97 Å². The smallest absolute Gasteiger partial charge is 0.343 e. The van der Waals surface area contributed by atoms with Gasteiger partial charge in [0.05, 0.1) is 25.1 Å². The molecule has 0 atom stereocenters. The van der Waals surface area contributed by atoms with Gasteiger partial charge in [-0.1, -0.05) is 30.3 Å². The van der Waals surface area contributed by atoms with Crippen LogP contribution in [0, 0.1) is 12.7 Å². The number of carbonyl (C=O) groups excluding carboxylic acids is 2. The summed E-state index contributed by atoms with van der Waals surface area (Å²) in [6.45, 7) is 5.22. The molecule has 2 aromatic heterocycles. The number of hydrogen-bond acceptors (Lipinski definition) is 7. The van der Waals surface area contributed by atoms with E-state index >= 15 is 4.39 Å². The van der Waals surface area contributed by atoms with Crippen molar-refractivity contribution in [2.24, 2.45) is 0 Å². The van der Waals surface area contributed by atoms with E-state index in [0.717, 1.165) is 18.6 Å². The van der Waals surface area contributed by atoms with E-state index in [4.69, 9.17) is 9.47 Å². The minimum atomic E-state index is -0.577. The second-order valence-corrected chi connectivity index (χ2v) is 9.95. The number of esters is 1. The highest BCUT2D eigenvalue weighted by atomic mass is 19.1. The number of amides is 1. The van der Waals surface area contributed by atoms with Crippen molar-refractivity contribution < 1.29 is 23.5 Å². The van der Waals surface area contributed by atoms with Crippen LogP contribution in [0.5, 0.6) is 5.75 Å². The lowest BCUT2D eigenvalue weighted by atomic mass is 9.74. The first kappa shape index (κ1) is 24.8. The lowest BCUT2D eigenvalue weighted by molar-refractivity contribution is 0.0528. The molecule has 0 aliphatic carbocycles. The van der Waals surface area contributed by atoms with Gasteiger partial charge in [-0.3, -0.25) is 4.79 Å². The molecule has 0 unspecified atom stereocenters. The normalized spacial score (nSPS) is 15.7. The fourth-order valence-corrected chi connectivity index (χ4v) is 5.48. The van der Waals surface area contributed by atoms with Crippen molar-refractivity contribution in [3.05, 3.63) is 82.9 Å². The molecule has 4 heterocycles. The van der Waals surface area contributed by atoms with Crippen molar-refractivity contribution in [3.8, 4) is 5.75 Å². The molecule has 9 nitrogen and oxygen atoms in total. The summed E-state index contributed by atoms with van der Waals surface area (Å²) in [6, 6.07) is 13.0. The maximum Gasteiger partial charge on any atom is 0.343 e. The summed E-state index contributed by atoms with van der Waals surface area (Å²) >= 11 is 0. The monoisotopic (exact) mass is 529 g/mol. The first-order valence-corrected chi connectivity index (χ1v) is 13.0. The topological polar surface area (TPSA) is 98.1 Å². The summed E-state index contributed by atoms with van der Waals surface area (Å²) in [5.41, 5.74) is 2.30. The van der Waals surface area contributed by atoms with E-state index in [1.807, 2.05) is 18.2 Å². The molecule has 1 amide bonds. The van der Waals surface area contributed by atoms with Crippen molar-refractivity contribution in [3.63, 3.8) is 0 Å². The summed E-state index contributed by atoms with van der Waals surface area (Å²) in [5.74, 6) is -0.143. The van der Waals surface area contributed by atoms with Gasteiger partial charge in [0.15, 0.2) is 5.65 Å². The molecule has 0 radical (unpaired) electrons. The second kappa shape index (κ2) is 9.68. The minimum absolute atomic E-state index is 0.113. The number of anilines is 2. The number of aryl methyl sites for hydroxylation is 1. The molecule has 2 aliphatic heterocycles. The summed E-state index contributed by atoms with van der Waals surface area (Å²) in [6.07, 6.45) is 4.27. The molecule has 0 bridgehead atoms. The van der Waals surface area contributed by atoms with E-state index in [1.54, 1.807) is 36.9 Å². The molecule has 2 aliphatic rings. The number of hydrogen-bond donors (Lipinski definition) is 1. The van der Waals surface area contributed by atoms with Gasteiger partial charge in [0.1, 0.15) is 28.5 Å². The Morgan fingerprint density at radius 3 is 2.69 bits per heavy atom. The predicted octanol–water partition coefficient (Wildman–Crippen LogP) is 4.66. The van der Waals surface area contributed by atoms with Crippen LogP contribution in [0.3, 0.4) is 0 Å². The largest absolute Gasteiger partial charge is 0.492 e. The lowest BCUT2D eigenvalue weighted by Crippen LogP contribution is -2.46. The SMILES string of the molecule is CCOC(=O)c1cnn2c(Nc3cccc(C)c3F)c(C(=O)N3CCC4(CC3)COc3ccccc34)cnc12. The third-order valence-electron chi connectivity index (χ3n) is 7.67. The molecule has 39 heavy (non-hydrogen) atoms. The molecule has 2 aromatic carbocycles. The summed E-state index contributed by atoms with van der Waals surface area (Å²) in [5, 5.41) is 7.38. The van der Waals surface area contributed by atoms with Crippen molar-refractivity contribution in [1.82, 2.24) is 19.5 Å². The van der Waals surface area contributed by atoms with Gasteiger partial charge in [0, 0.05) is 30.3 Å². The number of fused-ring (bicyclic) bond motifs is 3. The van der Waals surface area contributed by atoms with Crippen LogP contribution in [0.1, 0.15) is 51.6 Å². The lowest BCUT2D eigenvalue weighted by Gasteiger charge is -2.38. The average molecular weight is 530 g/mol. The summed E-state index contributed by atoms with van der Waals surface area (Å²) in [4.78, 5) is 32.6. The molecule has 6 rings (SSSR count). The first-order valence-electron chi connectivity index (χ1n) is 13.0. The zero-order valence-electron chi connectivity index (χ0n) is 21.7. The highest BCUT2D eigenvalue weighted by Gasteiger charge is 2.44. The number of aromatic nitrogens is 3. The molecular weight excluding hydrogens is 501 g/mol. The molecule has 1 N–H and O–H groups in total. The van der Waals surface area contributed by atoms with E-state index in [9.17, 15) is 9.59 Å². The maximum absolute atomic E-state index is 15.0. The van der Waals surface area contributed by atoms with Gasteiger partial charge in [-0.25, -0.2) is 14.2 Å². The number of ether oxygens (including phenoxy) is 2. The Bertz CT molecular complexity index is 1590. The maximum atomic E-state index is 15.0. The quantitative estimate of drug-likeness (QED) is 0.376.